The molecule has 0 unspecified atom stereocenters. The van der Waals surface area contributed by atoms with E-state index in [4.69, 9.17) is 4.98 Å². The van der Waals surface area contributed by atoms with Crippen LogP contribution in [0, 0.1) is 0 Å². The Hall–Kier alpha value is -3.04. The molecule has 32 heavy (non-hydrogen) atoms. The molecular weight excluding hydrogens is 426 g/mol. The topological polar surface area (TPSA) is 96.7 Å². The van der Waals surface area contributed by atoms with E-state index in [9.17, 15) is 0 Å². The Kier molecular flexibility index (Phi) is 5.75. The van der Waals surface area contributed by atoms with Crippen LogP contribution in [-0.4, -0.2) is 56.1 Å². The highest BCUT2D eigenvalue weighted by atomic mass is 35.5. The number of hydrogen-bond donors (Lipinski definition) is 2. The van der Waals surface area contributed by atoms with Gasteiger partial charge in [-0.15, -0.1) is 17.5 Å². The Labute approximate surface area is 192 Å². The van der Waals surface area contributed by atoms with Crippen molar-refractivity contribution in [3.8, 4) is 0 Å². The molecule has 2 N–H and O–H groups in total. The van der Waals surface area contributed by atoms with Gasteiger partial charge in [0, 0.05) is 37.8 Å². The molecule has 0 amide bonds. The third-order valence-corrected chi connectivity index (χ3v) is 6.32. The number of anilines is 3. The number of aromatic nitrogens is 6. The molecule has 1 aliphatic carbocycles. The van der Waals surface area contributed by atoms with Gasteiger partial charge in [0.1, 0.15) is 22.4 Å². The number of benzene rings is 1. The molecule has 3 aromatic heterocycles. The summed E-state index contributed by atoms with van der Waals surface area (Å²) in [4.78, 5) is 16.3. The van der Waals surface area contributed by atoms with E-state index in [0.29, 0.717) is 12.0 Å². The summed E-state index contributed by atoms with van der Waals surface area (Å²) in [5.74, 6) is 1.26. The number of hydrogen-bond acceptors (Lipinski definition) is 8. The van der Waals surface area contributed by atoms with Crippen LogP contribution in [0.5, 0.6) is 0 Å². The molecule has 1 saturated carbocycles. The lowest BCUT2D eigenvalue weighted by molar-refractivity contribution is 0.468. The third kappa shape index (κ3) is 3.82. The van der Waals surface area contributed by atoms with Gasteiger partial charge in [0.05, 0.1) is 17.9 Å². The van der Waals surface area contributed by atoms with Gasteiger partial charge in [-0.2, -0.15) is 0 Å². The molecule has 4 heterocycles. The van der Waals surface area contributed by atoms with Crippen molar-refractivity contribution in [1.29, 1.82) is 0 Å². The van der Waals surface area contributed by atoms with E-state index in [-0.39, 0.29) is 12.4 Å². The lowest BCUT2D eigenvalue weighted by Gasteiger charge is -2.29. The minimum atomic E-state index is 0. The maximum Gasteiger partial charge on any atom is 0.228 e. The first-order valence-electron chi connectivity index (χ1n) is 11.0. The zero-order chi connectivity index (χ0) is 20.6. The van der Waals surface area contributed by atoms with E-state index in [1.807, 2.05) is 30.6 Å². The molecule has 6 rings (SSSR count). The number of pyridine rings is 1. The monoisotopic (exact) mass is 451 g/mol. The number of halogens is 1. The van der Waals surface area contributed by atoms with Gasteiger partial charge in [-0.3, -0.25) is 0 Å². The Balaban J connectivity index is 0.00000216. The Morgan fingerprint density at radius 2 is 1.81 bits per heavy atom. The van der Waals surface area contributed by atoms with Crippen molar-refractivity contribution in [1.82, 2.24) is 35.3 Å². The summed E-state index contributed by atoms with van der Waals surface area (Å²) < 4.78 is 2.07. The number of nitrogens with one attached hydrogen (secondary N) is 2. The highest BCUT2D eigenvalue weighted by molar-refractivity contribution is 6.01. The first kappa shape index (κ1) is 20.8. The van der Waals surface area contributed by atoms with E-state index < -0.39 is 0 Å². The van der Waals surface area contributed by atoms with Crippen LogP contribution in [0.2, 0.25) is 0 Å². The average molecular weight is 452 g/mol. The fourth-order valence-electron chi connectivity index (χ4n) is 4.67. The second kappa shape index (κ2) is 8.84. The molecule has 1 aliphatic heterocycles. The summed E-state index contributed by atoms with van der Waals surface area (Å²) in [6.07, 6.45) is 8.54. The number of rotatable bonds is 4. The molecule has 0 atom stereocenters. The van der Waals surface area contributed by atoms with Gasteiger partial charge in [-0.05, 0) is 37.1 Å². The number of piperazine rings is 1. The van der Waals surface area contributed by atoms with Crippen molar-refractivity contribution in [2.24, 2.45) is 0 Å². The standard InChI is InChI=1S/C22H25N9.ClH/c1-2-4-16(3-1)31-21-18(28-29-31)7-5-15-13-25-22(27-20(15)21)26-19-8-6-17(14-24-19)30-11-9-23-10-12-30;/h5-8,13-14,16,23H,1-4,9-12H2,(H,24,25,26,27);1H. The quantitative estimate of drug-likeness (QED) is 0.487. The van der Waals surface area contributed by atoms with Gasteiger partial charge in [0.25, 0.3) is 0 Å². The lowest BCUT2D eigenvalue weighted by Crippen LogP contribution is -2.43. The fraction of sp³-hybridized carbons (Fsp3) is 0.409. The smallest absolute Gasteiger partial charge is 0.228 e. The minimum Gasteiger partial charge on any atom is -0.368 e. The highest BCUT2D eigenvalue weighted by Gasteiger charge is 2.22. The Bertz CT molecular complexity index is 1210. The molecule has 9 nitrogen and oxygen atoms in total. The van der Waals surface area contributed by atoms with Crippen molar-refractivity contribution >= 4 is 51.8 Å². The maximum atomic E-state index is 4.83. The van der Waals surface area contributed by atoms with Crippen molar-refractivity contribution in [2.75, 3.05) is 36.4 Å². The Morgan fingerprint density at radius 3 is 2.59 bits per heavy atom. The van der Waals surface area contributed by atoms with Crippen LogP contribution in [0.4, 0.5) is 17.5 Å². The fourth-order valence-corrected chi connectivity index (χ4v) is 4.67. The molecule has 2 fully saturated rings. The van der Waals surface area contributed by atoms with Crippen molar-refractivity contribution in [3.05, 3.63) is 36.7 Å². The molecule has 1 aromatic carbocycles. The van der Waals surface area contributed by atoms with Crippen molar-refractivity contribution in [2.45, 2.75) is 31.7 Å². The molecule has 1 saturated heterocycles. The predicted octanol–water partition coefficient (Wildman–Crippen LogP) is 3.46. The zero-order valence-corrected chi connectivity index (χ0v) is 18.6. The second-order valence-electron chi connectivity index (χ2n) is 8.30. The molecule has 2 aliphatic rings. The first-order valence-corrected chi connectivity index (χ1v) is 11.0. The largest absolute Gasteiger partial charge is 0.368 e. The molecule has 0 spiro atoms. The van der Waals surface area contributed by atoms with Crippen LogP contribution in [0.3, 0.4) is 0 Å². The van der Waals surface area contributed by atoms with Crippen LogP contribution in [0.25, 0.3) is 21.9 Å². The highest BCUT2D eigenvalue weighted by Crippen LogP contribution is 2.33. The van der Waals surface area contributed by atoms with Gasteiger partial charge in [-0.25, -0.2) is 19.6 Å². The molecule has 166 valence electrons. The Morgan fingerprint density at radius 1 is 0.969 bits per heavy atom. The number of nitrogens with zero attached hydrogens (tertiary/aromatic N) is 7. The summed E-state index contributed by atoms with van der Waals surface area (Å²) in [5.41, 5.74) is 3.89. The zero-order valence-electron chi connectivity index (χ0n) is 17.7. The summed E-state index contributed by atoms with van der Waals surface area (Å²) >= 11 is 0. The van der Waals surface area contributed by atoms with Crippen LogP contribution in [-0.2, 0) is 0 Å². The van der Waals surface area contributed by atoms with Crippen LogP contribution < -0.4 is 15.5 Å². The molecule has 4 aromatic rings. The van der Waals surface area contributed by atoms with Gasteiger partial charge < -0.3 is 15.5 Å². The van der Waals surface area contributed by atoms with E-state index in [2.05, 4.69) is 46.6 Å². The van der Waals surface area contributed by atoms with E-state index in [0.717, 1.165) is 72.5 Å². The van der Waals surface area contributed by atoms with Gasteiger partial charge in [0.15, 0.2) is 0 Å². The summed E-state index contributed by atoms with van der Waals surface area (Å²) in [6.45, 7) is 4.01. The second-order valence-corrected chi connectivity index (χ2v) is 8.30. The number of fused-ring (bicyclic) bond motifs is 3. The van der Waals surface area contributed by atoms with Gasteiger partial charge >= 0.3 is 0 Å². The van der Waals surface area contributed by atoms with Crippen molar-refractivity contribution in [3.63, 3.8) is 0 Å². The van der Waals surface area contributed by atoms with Gasteiger partial charge in [0.2, 0.25) is 5.95 Å². The van der Waals surface area contributed by atoms with E-state index >= 15 is 0 Å². The predicted molar refractivity (Wildman–Crippen MR) is 128 cm³/mol. The summed E-state index contributed by atoms with van der Waals surface area (Å²) in [7, 11) is 0. The van der Waals surface area contributed by atoms with E-state index in [1.54, 1.807) is 0 Å². The maximum absolute atomic E-state index is 4.83. The first-order chi connectivity index (χ1) is 15.3. The molecule has 0 bridgehead atoms. The SMILES string of the molecule is Cl.c1cc(Nc2ncc3ccc4nnn(C5CCCC5)c4c3n2)ncc1N1CCNCC1. The average Bonchev–Trinajstić information content (AvgIpc) is 3.50. The summed E-state index contributed by atoms with van der Waals surface area (Å²) in [5, 5.41) is 16.5. The summed E-state index contributed by atoms with van der Waals surface area (Å²) in [6, 6.07) is 8.49. The van der Waals surface area contributed by atoms with Gasteiger partial charge in [-0.1, -0.05) is 18.1 Å². The van der Waals surface area contributed by atoms with Crippen LogP contribution >= 0.6 is 12.4 Å². The minimum absolute atomic E-state index is 0. The molecule has 0 radical (unpaired) electrons. The van der Waals surface area contributed by atoms with Crippen LogP contribution in [0.15, 0.2) is 36.7 Å². The lowest BCUT2D eigenvalue weighted by atomic mass is 10.2. The third-order valence-electron chi connectivity index (χ3n) is 6.32. The normalized spacial score (nSPS) is 17.1. The van der Waals surface area contributed by atoms with Crippen molar-refractivity contribution < 1.29 is 0 Å². The molecular formula is C22H26ClN9. The van der Waals surface area contributed by atoms with E-state index in [1.165, 1.54) is 12.8 Å². The van der Waals surface area contributed by atoms with Crippen LogP contribution in [0.1, 0.15) is 31.7 Å². The molecule has 10 heteroatoms.